The number of aryl methyl sites for hydroxylation is 2. The highest BCUT2D eigenvalue weighted by molar-refractivity contribution is 4.69. The number of rotatable bonds is 8. The molecule has 0 bridgehead atoms. The maximum absolute atomic E-state index is 6.00. The average molecular weight is 224 g/mol. The van der Waals surface area contributed by atoms with Crippen LogP contribution in [0, 0.1) is 0 Å². The van der Waals surface area contributed by atoms with Gasteiger partial charge < -0.3 is 5.73 Å². The van der Waals surface area contributed by atoms with E-state index in [2.05, 4.69) is 41.7 Å². The SMILES string of the molecule is CCCC[n+]1ccn(CCC(N)CCC)c1. The first-order valence-corrected chi connectivity index (χ1v) is 6.56. The van der Waals surface area contributed by atoms with Crippen molar-refractivity contribution in [1.29, 1.82) is 0 Å². The zero-order valence-corrected chi connectivity index (χ0v) is 10.7. The zero-order valence-electron chi connectivity index (χ0n) is 10.7. The lowest BCUT2D eigenvalue weighted by atomic mass is 10.1. The highest BCUT2D eigenvalue weighted by Gasteiger charge is 2.06. The Morgan fingerprint density at radius 2 is 2.06 bits per heavy atom. The molecular weight excluding hydrogens is 198 g/mol. The summed E-state index contributed by atoms with van der Waals surface area (Å²) in [5, 5.41) is 0. The largest absolute Gasteiger partial charge is 0.328 e. The third kappa shape index (κ3) is 4.79. The number of unbranched alkanes of at least 4 members (excludes halogenated alkanes) is 1. The molecule has 1 heterocycles. The molecule has 1 rings (SSSR count). The fourth-order valence-corrected chi connectivity index (χ4v) is 1.87. The van der Waals surface area contributed by atoms with Crippen molar-refractivity contribution in [3.8, 4) is 0 Å². The number of aromatic nitrogens is 2. The Bertz CT molecular complexity index is 280. The number of hydrogen-bond donors (Lipinski definition) is 1. The summed E-state index contributed by atoms with van der Waals surface area (Å²) < 4.78 is 4.50. The second kappa shape index (κ2) is 7.44. The van der Waals surface area contributed by atoms with Crippen LogP contribution in [0.3, 0.4) is 0 Å². The number of nitrogens with two attached hydrogens (primary N) is 1. The maximum atomic E-state index is 6.00. The molecule has 0 amide bonds. The van der Waals surface area contributed by atoms with Crippen LogP contribution in [0.15, 0.2) is 18.7 Å². The maximum Gasteiger partial charge on any atom is 0.243 e. The van der Waals surface area contributed by atoms with Crippen LogP contribution in [0.5, 0.6) is 0 Å². The normalized spacial score (nSPS) is 12.9. The Hall–Kier alpha value is -0.830. The van der Waals surface area contributed by atoms with Gasteiger partial charge in [0.25, 0.3) is 0 Å². The van der Waals surface area contributed by atoms with E-state index in [9.17, 15) is 0 Å². The van der Waals surface area contributed by atoms with Gasteiger partial charge in [-0.25, -0.2) is 9.13 Å². The van der Waals surface area contributed by atoms with E-state index >= 15 is 0 Å². The Balaban J connectivity index is 2.28. The van der Waals surface area contributed by atoms with E-state index in [1.165, 1.54) is 19.3 Å². The molecular formula is C13H26N3+. The summed E-state index contributed by atoms with van der Waals surface area (Å²) in [6.07, 6.45) is 12.4. The predicted molar refractivity (Wildman–Crippen MR) is 67.0 cm³/mol. The van der Waals surface area contributed by atoms with Gasteiger partial charge in [-0.15, -0.1) is 0 Å². The molecule has 2 N–H and O–H groups in total. The lowest BCUT2D eigenvalue weighted by molar-refractivity contribution is -0.696. The van der Waals surface area contributed by atoms with E-state index in [1.54, 1.807) is 0 Å². The molecule has 1 aromatic heterocycles. The van der Waals surface area contributed by atoms with Gasteiger partial charge in [0.1, 0.15) is 12.4 Å². The fraction of sp³-hybridized carbons (Fsp3) is 0.769. The summed E-state index contributed by atoms with van der Waals surface area (Å²) in [4.78, 5) is 0. The van der Waals surface area contributed by atoms with Crippen molar-refractivity contribution in [2.24, 2.45) is 5.73 Å². The van der Waals surface area contributed by atoms with Crippen LogP contribution in [0.25, 0.3) is 0 Å². The Kier molecular flexibility index (Phi) is 6.16. The van der Waals surface area contributed by atoms with Crippen LogP contribution in [0.4, 0.5) is 0 Å². The molecule has 1 unspecified atom stereocenters. The third-order valence-electron chi connectivity index (χ3n) is 2.93. The van der Waals surface area contributed by atoms with Crippen molar-refractivity contribution in [3.05, 3.63) is 18.7 Å². The van der Waals surface area contributed by atoms with Crippen molar-refractivity contribution < 1.29 is 4.57 Å². The number of imidazole rings is 1. The predicted octanol–water partition coefficient (Wildman–Crippen LogP) is 2.09. The second-order valence-electron chi connectivity index (χ2n) is 4.58. The molecule has 16 heavy (non-hydrogen) atoms. The van der Waals surface area contributed by atoms with Gasteiger partial charge in [-0.05, 0) is 12.8 Å². The lowest BCUT2D eigenvalue weighted by Gasteiger charge is -2.07. The van der Waals surface area contributed by atoms with Gasteiger partial charge >= 0.3 is 0 Å². The third-order valence-corrected chi connectivity index (χ3v) is 2.93. The Morgan fingerprint density at radius 3 is 2.75 bits per heavy atom. The Labute approximate surface area is 99.3 Å². The molecule has 0 aliphatic carbocycles. The van der Waals surface area contributed by atoms with E-state index in [4.69, 9.17) is 5.73 Å². The van der Waals surface area contributed by atoms with Crippen molar-refractivity contribution in [3.63, 3.8) is 0 Å². The Morgan fingerprint density at radius 1 is 1.25 bits per heavy atom. The van der Waals surface area contributed by atoms with Crippen molar-refractivity contribution >= 4 is 0 Å². The van der Waals surface area contributed by atoms with Gasteiger partial charge in [0.15, 0.2) is 0 Å². The van der Waals surface area contributed by atoms with Crippen LogP contribution < -0.4 is 10.3 Å². The number of hydrogen-bond acceptors (Lipinski definition) is 1. The minimum atomic E-state index is 0.358. The summed E-state index contributed by atoms with van der Waals surface area (Å²) in [7, 11) is 0. The van der Waals surface area contributed by atoms with E-state index in [0.717, 1.165) is 25.9 Å². The molecule has 0 aromatic carbocycles. The standard InChI is InChI=1S/C13H26N3/c1-3-5-8-15-10-11-16(12-15)9-7-13(14)6-4-2/h10-13H,3-9,14H2,1-2H3/q+1. The molecule has 0 aliphatic heterocycles. The lowest BCUT2D eigenvalue weighted by Crippen LogP contribution is -2.31. The van der Waals surface area contributed by atoms with Crippen LogP contribution in [0.1, 0.15) is 46.0 Å². The van der Waals surface area contributed by atoms with E-state index < -0.39 is 0 Å². The molecule has 3 heteroatoms. The number of nitrogens with zero attached hydrogens (tertiary/aromatic N) is 2. The summed E-state index contributed by atoms with van der Waals surface area (Å²) in [6.45, 7) is 6.58. The van der Waals surface area contributed by atoms with Crippen molar-refractivity contribution in [2.45, 2.75) is 65.1 Å². The molecule has 0 saturated carbocycles. The first-order chi connectivity index (χ1) is 7.76. The van der Waals surface area contributed by atoms with Gasteiger partial charge in [-0.2, -0.15) is 0 Å². The van der Waals surface area contributed by atoms with Gasteiger partial charge in [0, 0.05) is 12.5 Å². The van der Waals surface area contributed by atoms with Gasteiger partial charge in [-0.3, -0.25) is 0 Å². The van der Waals surface area contributed by atoms with Crippen LogP contribution >= 0.6 is 0 Å². The average Bonchev–Trinajstić information content (AvgIpc) is 2.72. The summed E-state index contributed by atoms with van der Waals surface area (Å²) in [6, 6.07) is 0.358. The van der Waals surface area contributed by atoms with Gasteiger partial charge in [0.2, 0.25) is 6.33 Å². The van der Waals surface area contributed by atoms with Crippen LogP contribution in [-0.4, -0.2) is 10.6 Å². The summed E-state index contributed by atoms with van der Waals surface area (Å²) in [5.41, 5.74) is 6.00. The molecule has 92 valence electrons. The molecule has 0 spiro atoms. The topological polar surface area (TPSA) is 34.8 Å². The second-order valence-corrected chi connectivity index (χ2v) is 4.58. The molecule has 3 nitrogen and oxygen atoms in total. The first kappa shape index (κ1) is 13.2. The molecule has 0 aliphatic rings. The summed E-state index contributed by atoms with van der Waals surface area (Å²) in [5.74, 6) is 0. The van der Waals surface area contributed by atoms with E-state index in [-0.39, 0.29) is 0 Å². The van der Waals surface area contributed by atoms with E-state index in [1.807, 2.05) is 0 Å². The fourth-order valence-electron chi connectivity index (χ4n) is 1.87. The summed E-state index contributed by atoms with van der Waals surface area (Å²) >= 11 is 0. The molecule has 1 aromatic rings. The van der Waals surface area contributed by atoms with Crippen molar-refractivity contribution in [2.75, 3.05) is 0 Å². The van der Waals surface area contributed by atoms with Gasteiger partial charge in [0.05, 0.1) is 13.1 Å². The highest BCUT2D eigenvalue weighted by Crippen LogP contribution is 2.00. The minimum absolute atomic E-state index is 0.358. The van der Waals surface area contributed by atoms with Crippen LogP contribution in [-0.2, 0) is 13.1 Å². The highest BCUT2D eigenvalue weighted by atomic mass is 15.1. The first-order valence-electron chi connectivity index (χ1n) is 6.56. The quantitative estimate of drug-likeness (QED) is 0.674. The smallest absolute Gasteiger partial charge is 0.243 e. The minimum Gasteiger partial charge on any atom is -0.328 e. The molecule has 0 saturated heterocycles. The van der Waals surface area contributed by atoms with E-state index in [0.29, 0.717) is 6.04 Å². The zero-order chi connectivity index (χ0) is 11.8. The van der Waals surface area contributed by atoms with Crippen molar-refractivity contribution in [1.82, 2.24) is 4.57 Å². The molecule has 0 radical (unpaired) electrons. The van der Waals surface area contributed by atoms with Crippen LogP contribution in [0.2, 0.25) is 0 Å². The molecule has 0 fully saturated rings. The monoisotopic (exact) mass is 224 g/mol. The van der Waals surface area contributed by atoms with Gasteiger partial charge in [-0.1, -0.05) is 26.7 Å². The molecule has 1 atom stereocenters.